The van der Waals surface area contributed by atoms with E-state index in [-0.39, 0.29) is 12.3 Å². The van der Waals surface area contributed by atoms with E-state index in [1.807, 2.05) is 72.2 Å². The number of hydrogen-bond donors (Lipinski definition) is 0. The lowest BCUT2D eigenvalue weighted by Gasteiger charge is -2.25. The van der Waals surface area contributed by atoms with Crippen molar-refractivity contribution in [2.24, 2.45) is 0 Å². The molecule has 0 N–H and O–H groups in total. The van der Waals surface area contributed by atoms with Crippen molar-refractivity contribution in [1.29, 1.82) is 0 Å². The summed E-state index contributed by atoms with van der Waals surface area (Å²) in [7, 11) is 0. The third-order valence-corrected chi connectivity index (χ3v) is 5.91. The topological polar surface area (TPSA) is 56.6 Å². The molecule has 2 aromatic carbocycles. The van der Waals surface area contributed by atoms with E-state index in [0.717, 1.165) is 21.8 Å². The van der Waals surface area contributed by atoms with Gasteiger partial charge in [0, 0.05) is 22.8 Å². The lowest BCUT2D eigenvalue weighted by atomic mass is 10.2. The summed E-state index contributed by atoms with van der Waals surface area (Å²) in [4.78, 5) is 16.3. The molecule has 0 radical (unpaired) electrons. The normalized spacial score (nSPS) is 12.5. The lowest BCUT2D eigenvalue weighted by Crippen LogP contribution is -2.31. The Labute approximate surface area is 184 Å². The van der Waals surface area contributed by atoms with Gasteiger partial charge in [0.1, 0.15) is 13.2 Å². The Kier molecular flexibility index (Phi) is 5.41. The fraction of sp³-hybridized carbons (Fsp3) is 0.167. The van der Waals surface area contributed by atoms with Crippen LogP contribution in [0.25, 0.3) is 5.69 Å². The highest BCUT2D eigenvalue weighted by molar-refractivity contribution is 7.09. The second-order valence-electron chi connectivity index (χ2n) is 7.19. The van der Waals surface area contributed by atoms with E-state index in [2.05, 4.69) is 5.10 Å². The van der Waals surface area contributed by atoms with Crippen molar-refractivity contribution in [2.45, 2.75) is 13.0 Å². The molecule has 0 spiro atoms. The van der Waals surface area contributed by atoms with E-state index in [4.69, 9.17) is 9.47 Å². The first-order valence-corrected chi connectivity index (χ1v) is 11.0. The number of carbonyl (C=O) groups excluding carboxylic acids is 1. The second kappa shape index (κ2) is 8.65. The van der Waals surface area contributed by atoms with Crippen molar-refractivity contribution >= 4 is 22.9 Å². The molecule has 7 heteroatoms. The van der Waals surface area contributed by atoms with Gasteiger partial charge in [-0.1, -0.05) is 24.3 Å². The van der Waals surface area contributed by atoms with Gasteiger partial charge in [-0.2, -0.15) is 5.10 Å². The van der Waals surface area contributed by atoms with E-state index < -0.39 is 0 Å². The maximum absolute atomic E-state index is 13.4. The minimum absolute atomic E-state index is 0.00214. The maximum atomic E-state index is 13.4. The predicted molar refractivity (Wildman–Crippen MR) is 120 cm³/mol. The zero-order chi connectivity index (χ0) is 21.0. The summed E-state index contributed by atoms with van der Waals surface area (Å²) in [5, 5.41) is 6.44. The average molecular weight is 432 g/mol. The summed E-state index contributed by atoms with van der Waals surface area (Å²) < 4.78 is 13.1. The lowest BCUT2D eigenvalue weighted by molar-refractivity contribution is -0.118. The summed E-state index contributed by atoms with van der Waals surface area (Å²) in [6.45, 7) is 1.55. The number of aromatic nitrogens is 2. The average Bonchev–Trinajstić information content (AvgIpc) is 3.50. The second-order valence-corrected chi connectivity index (χ2v) is 8.22. The minimum atomic E-state index is -0.00214. The van der Waals surface area contributed by atoms with E-state index in [1.54, 1.807) is 27.1 Å². The summed E-state index contributed by atoms with van der Waals surface area (Å²) in [5.74, 6) is 1.38. The largest absolute Gasteiger partial charge is 0.486 e. The van der Waals surface area contributed by atoms with Crippen LogP contribution in [-0.2, 0) is 17.8 Å². The fourth-order valence-electron chi connectivity index (χ4n) is 3.53. The van der Waals surface area contributed by atoms with Crippen LogP contribution in [-0.4, -0.2) is 28.9 Å². The fourth-order valence-corrected chi connectivity index (χ4v) is 4.22. The number of hydrogen-bond acceptors (Lipinski definition) is 5. The molecule has 5 rings (SSSR count). The van der Waals surface area contributed by atoms with Crippen LogP contribution in [0.4, 0.5) is 5.69 Å². The number of anilines is 1. The molecule has 156 valence electrons. The molecule has 1 aliphatic heterocycles. The van der Waals surface area contributed by atoms with Gasteiger partial charge >= 0.3 is 0 Å². The van der Waals surface area contributed by atoms with Crippen LogP contribution < -0.4 is 14.4 Å². The van der Waals surface area contributed by atoms with Crippen molar-refractivity contribution in [3.63, 3.8) is 0 Å². The predicted octanol–water partition coefficient (Wildman–Crippen LogP) is 4.48. The Morgan fingerprint density at radius 3 is 2.68 bits per heavy atom. The first-order valence-electron chi connectivity index (χ1n) is 10.1. The number of benzene rings is 2. The van der Waals surface area contributed by atoms with Gasteiger partial charge in [-0.15, -0.1) is 11.3 Å². The van der Waals surface area contributed by atoms with Crippen LogP contribution in [0.2, 0.25) is 0 Å². The smallest absolute Gasteiger partial charge is 0.231 e. The molecule has 1 amide bonds. The number of fused-ring (bicyclic) bond motifs is 1. The van der Waals surface area contributed by atoms with Crippen LogP contribution in [0.5, 0.6) is 11.5 Å². The molecule has 6 nitrogen and oxygen atoms in total. The van der Waals surface area contributed by atoms with E-state index in [1.165, 1.54) is 0 Å². The summed E-state index contributed by atoms with van der Waals surface area (Å²) >= 11 is 1.63. The van der Waals surface area contributed by atoms with Gasteiger partial charge in [0.2, 0.25) is 5.91 Å². The zero-order valence-electron chi connectivity index (χ0n) is 16.8. The molecule has 31 heavy (non-hydrogen) atoms. The summed E-state index contributed by atoms with van der Waals surface area (Å²) in [6.07, 6.45) is 3.91. The van der Waals surface area contributed by atoms with Gasteiger partial charge in [-0.25, -0.2) is 4.68 Å². The Morgan fingerprint density at radius 1 is 1.03 bits per heavy atom. The van der Waals surface area contributed by atoms with E-state index in [9.17, 15) is 4.79 Å². The van der Waals surface area contributed by atoms with Crippen molar-refractivity contribution in [1.82, 2.24) is 9.78 Å². The molecule has 0 bridgehead atoms. The van der Waals surface area contributed by atoms with Gasteiger partial charge in [0.25, 0.3) is 0 Å². The van der Waals surface area contributed by atoms with Crippen LogP contribution in [0.15, 0.2) is 78.4 Å². The van der Waals surface area contributed by atoms with Crippen LogP contribution in [0.1, 0.15) is 10.4 Å². The highest BCUT2D eigenvalue weighted by atomic mass is 32.1. The summed E-state index contributed by atoms with van der Waals surface area (Å²) in [5.41, 5.74) is 2.61. The van der Waals surface area contributed by atoms with Crippen molar-refractivity contribution in [3.05, 3.63) is 88.9 Å². The quantitative estimate of drug-likeness (QED) is 0.452. The number of para-hydroxylation sites is 1. The molecule has 1 aliphatic rings. The summed E-state index contributed by atoms with van der Waals surface area (Å²) in [6, 6.07) is 19.6. The molecule has 2 aromatic heterocycles. The molecular weight excluding hydrogens is 410 g/mol. The van der Waals surface area contributed by atoms with Crippen molar-refractivity contribution in [2.75, 3.05) is 18.1 Å². The number of nitrogens with zero attached hydrogens (tertiary/aromatic N) is 3. The number of thiophene rings is 1. The number of amides is 1. The maximum Gasteiger partial charge on any atom is 0.231 e. The van der Waals surface area contributed by atoms with Gasteiger partial charge < -0.3 is 14.4 Å². The Hall–Kier alpha value is -3.58. The van der Waals surface area contributed by atoms with Crippen LogP contribution in [0.3, 0.4) is 0 Å². The van der Waals surface area contributed by atoms with Gasteiger partial charge in [-0.05, 0) is 41.3 Å². The Morgan fingerprint density at radius 2 is 1.87 bits per heavy atom. The Bertz CT molecular complexity index is 1170. The van der Waals surface area contributed by atoms with Gasteiger partial charge in [-0.3, -0.25) is 4.79 Å². The molecule has 0 saturated carbocycles. The molecule has 0 aliphatic carbocycles. The monoisotopic (exact) mass is 431 g/mol. The number of carbonyl (C=O) groups is 1. The van der Waals surface area contributed by atoms with E-state index >= 15 is 0 Å². The van der Waals surface area contributed by atoms with E-state index in [0.29, 0.717) is 31.3 Å². The highest BCUT2D eigenvalue weighted by Gasteiger charge is 2.21. The molecule has 0 saturated heterocycles. The first kappa shape index (κ1) is 19.4. The van der Waals surface area contributed by atoms with Gasteiger partial charge in [0.15, 0.2) is 11.5 Å². The highest BCUT2D eigenvalue weighted by Crippen LogP contribution is 2.35. The third kappa shape index (κ3) is 4.32. The zero-order valence-corrected chi connectivity index (χ0v) is 17.6. The standard InChI is InChI=1S/C24H21N3O3S/c28-24(13-18-15-25-27(16-18)19-5-2-1-3-6-19)26(17-21-7-4-12-31-21)20-8-9-22-23(14-20)30-11-10-29-22/h1-9,12,14-16H,10-11,13,17H2. The number of ether oxygens (including phenoxy) is 2. The molecular formula is C24H21N3O3S. The van der Waals surface area contributed by atoms with Crippen LogP contribution in [0, 0.1) is 0 Å². The first-order chi connectivity index (χ1) is 15.3. The van der Waals surface area contributed by atoms with Crippen molar-refractivity contribution in [3.8, 4) is 17.2 Å². The van der Waals surface area contributed by atoms with Crippen LogP contribution >= 0.6 is 11.3 Å². The number of rotatable bonds is 6. The van der Waals surface area contributed by atoms with Crippen molar-refractivity contribution < 1.29 is 14.3 Å². The molecule has 3 heterocycles. The Balaban J connectivity index is 1.40. The third-order valence-electron chi connectivity index (χ3n) is 5.04. The molecule has 0 atom stereocenters. The molecule has 0 fully saturated rings. The molecule has 0 unspecified atom stereocenters. The van der Waals surface area contributed by atoms with Gasteiger partial charge in [0.05, 0.1) is 24.8 Å². The minimum Gasteiger partial charge on any atom is -0.486 e. The molecule has 4 aromatic rings. The SMILES string of the molecule is O=C(Cc1cnn(-c2ccccc2)c1)N(Cc1cccs1)c1ccc2c(c1)OCCO2.